The lowest BCUT2D eigenvalue weighted by atomic mass is 10.0. The fraction of sp³-hybridized carbons (Fsp3) is 0.143. The van der Waals surface area contributed by atoms with Crippen molar-refractivity contribution in [2.45, 2.75) is 20.1 Å². The van der Waals surface area contributed by atoms with Gasteiger partial charge in [0.25, 0.3) is 5.56 Å². The summed E-state index contributed by atoms with van der Waals surface area (Å²) in [5, 5.41) is 2.77. The zero-order valence-electron chi connectivity index (χ0n) is 14.8. The number of halogens is 1. The minimum absolute atomic E-state index is 0.0692. The summed E-state index contributed by atoms with van der Waals surface area (Å²) < 4.78 is 6.33. The zero-order valence-corrected chi connectivity index (χ0v) is 16.4. The molecule has 0 fully saturated rings. The van der Waals surface area contributed by atoms with E-state index >= 15 is 0 Å². The van der Waals surface area contributed by atoms with E-state index in [-0.39, 0.29) is 11.5 Å². The molecule has 0 unspecified atom stereocenters. The molecule has 1 aromatic heterocycles. The first kappa shape index (κ1) is 18.9. The van der Waals surface area contributed by atoms with Crippen molar-refractivity contribution >= 4 is 21.8 Å². The van der Waals surface area contributed by atoms with E-state index in [1.165, 1.54) is 6.92 Å². The van der Waals surface area contributed by atoms with Crippen LogP contribution in [-0.4, -0.2) is 10.9 Å². The molecule has 27 heavy (non-hydrogen) atoms. The van der Waals surface area contributed by atoms with Gasteiger partial charge in [-0.05, 0) is 32.6 Å². The molecule has 0 saturated heterocycles. The van der Waals surface area contributed by atoms with Gasteiger partial charge in [-0.25, -0.2) is 0 Å². The third kappa shape index (κ3) is 4.86. The Hall–Kier alpha value is -2.86. The number of benzene rings is 2. The highest BCUT2D eigenvalue weighted by Crippen LogP contribution is 2.34. The van der Waals surface area contributed by atoms with Gasteiger partial charge in [-0.1, -0.05) is 54.6 Å². The molecule has 1 amide bonds. The van der Waals surface area contributed by atoms with Gasteiger partial charge in [-0.2, -0.15) is 0 Å². The van der Waals surface area contributed by atoms with Crippen molar-refractivity contribution in [3.63, 3.8) is 0 Å². The maximum absolute atomic E-state index is 12.0. The second-order valence-corrected chi connectivity index (χ2v) is 6.85. The maximum Gasteiger partial charge on any atom is 0.266 e. The van der Waals surface area contributed by atoms with Crippen LogP contribution in [0.15, 0.2) is 70.1 Å². The van der Waals surface area contributed by atoms with Crippen molar-refractivity contribution in [1.82, 2.24) is 10.3 Å². The Kier molecular flexibility index (Phi) is 6.08. The summed E-state index contributed by atoms with van der Waals surface area (Å²) >= 11 is 3.34. The van der Waals surface area contributed by atoms with E-state index in [0.29, 0.717) is 23.4 Å². The van der Waals surface area contributed by atoms with Crippen LogP contribution in [0.2, 0.25) is 0 Å². The molecular formula is C21H19BrN2O3. The molecule has 2 N–H and O–H groups in total. The van der Waals surface area contributed by atoms with Gasteiger partial charge in [0.1, 0.15) is 16.8 Å². The molecular weight excluding hydrogens is 408 g/mol. The summed E-state index contributed by atoms with van der Waals surface area (Å²) in [5.74, 6) is 0.428. The van der Waals surface area contributed by atoms with E-state index in [1.807, 2.05) is 54.6 Å². The Labute approximate surface area is 165 Å². The van der Waals surface area contributed by atoms with Gasteiger partial charge in [0.2, 0.25) is 5.91 Å². The smallest absolute Gasteiger partial charge is 0.266 e. The molecule has 2 aromatic carbocycles. The summed E-state index contributed by atoms with van der Waals surface area (Å²) in [6.45, 7) is 2.32. The summed E-state index contributed by atoms with van der Waals surface area (Å²) in [6.07, 6.45) is 1.65. The van der Waals surface area contributed by atoms with Crippen LogP contribution in [0.3, 0.4) is 0 Å². The number of rotatable bonds is 6. The summed E-state index contributed by atoms with van der Waals surface area (Å²) in [7, 11) is 0. The molecule has 5 nitrogen and oxygen atoms in total. The maximum atomic E-state index is 12.0. The van der Waals surface area contributed by atoms with E-state index < -0.39 is 0 Å². The Morgan fingerprint density at radius 1 is 1.07 bits per heavy atom. The Morgan fingerprint density at radius 2 is 1.78 bits per heavy atom. The lowest BCUT2D eigenvalue weighted by Gasteiger charge is -2.13. The van der Waals surface area contributed by atoms with E-state index in [4.69, 9.17) is 4.74 Å². The number of nitrogens with one attached hydrogen (secondary N) is 2. The highest BCUT2D eigenvalue weighted by molar-refractivity contribution is 9.10. The van der Waals surface area contributed by atoms with Gasteiger partial charge >= 0.3 is 0 Å². The van der Waals surface area contributed by atoms with Crippen molar-refractivity contribution in [1.29, 1.82) is 0 Å². The van der Waals surface area contributed by atoms with E-state index in [0.717, 1.165) is 22.3 Å². The molecule has 0 saturated carbocycles. The Balaban J connectivity index is 1.87. The number of pyridine rings is 1. The molecule has 0 radical (unpaired) electrons. The van der Waals surface area contributed by atoms with Crippen LogP contribution >= 0.6 is 15.9 Å². The first-order valence-electron chi connectivity index (χ1n) is 8.46. The number of ether oxygens (including phenoxy) is 1. The molecule has 0 aliphatic rings. The van der Waals surface area contributed by atoms with Crippen LogP contribution < -0.4 is 15.6 Å². The second-order valence-electron chi connectivity index (χ2n) is 6.06. The average Bonchev–Trinajstić information content (AvgIpc) is 2.69. The predicted molar refractivity (Wildman–Crippen MR) is 108 cm³/mol. The van der Waals surface area contributed by atoms with Crippen LogP contribution in [0.5, 0.6) is 5.75 Å². The summed E-state index contributed by atoms with van der Waals surface area (Å²) in [6, 6.07) is 17.5. The topological polar surface area (TPSA) is 71.2 Å². The standard InChI is InChI=1S/C21H19BrN2O3/c1-14(25)23-11-15-7-9-17(10-8-15)18-12-24-21(26)19(22)20(18)27-13-16-5-3-2-4-6-16/h2-10,12H,11,13H2,1H3,(H,23,25)(H,24,26). The van der Waals surface area contributed by atoms with Crippen molar-refractivity contribution in [3.05, 3.63) is 86.7 Å². The van der Waals surface area contributed by atoms with Crippen LogP contribution in [-0.2, 0) is 17.9 Å². The molecule has 6 heteroatoms. The molecule has 1 heterocycles. The van der Waals surface area contributed by atoms with Crippen LogP contribution in [0.25, 0.3) is 11.1 Å². The Morgan fingerprint density at radius 3 is 2.44 bits per heavy atom. The minimum Gasteiger partial charge on any atom is -0.487 e. The van der Waals surface area contributed by atoms with Crippen molar-refractivity contribution in [2.24, 2.45) is 0 Å². The number of aromatic nitrogens is 1. The number of amides is 1. The number of carbonyl (C=O) groups is 1. The van der Waals surface area contributed by atoms with Crippen molar-refractivity contribution < 1.29 is 9.53 Å². The fourth-order valence-corrected chi connectivity index (χ4v) is 3.04. The van der Waals surface area contributed by atoms with E-state index in [9.17, 15) is 9.59 Å². The molecule has 0 aliphatic carbocycles. The Bertz CT molecular complexity index is 983. The quantitative estimate of drug-likeness (QED) is 0.625. The molecule has 3 aromatic rings. The van der Waals surface area contributed by atoms with E-state index in [2.05, 4.69) is 26.2 Å². The van der Waals surface area contributed by atoms with Gasteiger partial charge in [-0.3, -0.25) is 9.59 Å². The van der Waals surface area contributed by atoms with Gasteiger partial charge in [0.15, 0.2) is 0 Å². The van der Waals surface area contributed by atoms with Crippen LogP contribution in [0.1, 0.15) is 18.1 Å². The van der Waals surface area contributed by atoms with Gasteiger partial charge in [-0.15, -0.1) is 0 Å². The molecule has 0 bridgehead atoms. The number of hydrogen-bond acceptors (Lipinski definition) is 3. The highest BCUT2D eigenvalue weighted by Gasteiger charge is 2.14. The van der Waals surface area contributed by atoms with Gasteiger partial charge < -0.3 is 15.0 Å². The van der Waals surface area contributed by atoms with Crippen LogP contribution in [0.4, 0.5) is 0 Å². The fourth-order valence-electron chi connectivity index (χ4n) is 2.60. The monoisotopic (exact) mass is 426 g/mol. The average molecular weight is 427 g/mol. The number of H-pyrrole nitrogens is 1. The molecule has 0 spiro atoms. The molecule has 0 atom stereocenters. The number of carbonyl (C=O) groups excluding carboxylic acids is 1. The first-order chi connectivity index (χ1) is 13.0. The second kappa shape index (κ2) is 8.68. The summed E-state index contributed by atoms with van der Waals surface area (Å²) in [5.41, 5.74) is 3.44. The van der Waals surface area contributed by atoms with Crippen LogP contribution in [0, 0.1) is 0 Å². The third-order valence-corrected chi connectivity index (χ3v) is 4.74. The van der Waals surface area contributed by atoms with Gasteiger partial charge in [0, 0.05) is 25.2 Å². The lowest BCUT2D eigenvalue weighted by Crippen LogP contribution is -2.18. The number of hydrogen-bond donors (Lipinski definition) is 2. The van der Waals surface area contributed by atoms with E-state index in [1.54, 1.807) is 6.20 Å². The molecule has 138 valence electrons. The van der Waals surface area contributed by atoms with Crippen molar-refractivity contribution in [2.75, 3.05) is 0 Å². The largest absolute Gasteiger partial charge is 0.487 e. The zero-order chi connectivity index (χ0) is 19.2. The minimum atomic E-state index is -0.246. The molecule has 0 aliphatic heterocycles. The number of aromatic amines is 1. The summed E-state index contributed by atoms with van der Waals surface area (Å²) in [4.78, 5) is 25.8. The SMILES string of the molecule is CC(=O)NCc1ccc(-c2c[nH]c(=O)c(Br)c2OCc2ccccc2)cc1. The van der Waals surface area contributed by atoms with Crippen molar-refractivity contribution in [3.8, 4) is 16.9 Å². The normalized spacial score (nSPS) is 10.4. The highest BCUT2D eigenvalue weighted by atomic mass is 79.9. The first-order valence-corrected chi connectivity index (χ1v) is 9.25. The third-order valence-electron chi connectivity index (χ3n) is 4.02. The predicted octanol–water partition coefficient (Wildman–Crippen LogP) is 4.02. The lowest BCUT2D eigenvalue weighted by molar-refractivity contribution is -0.119. The van der Waals surface area contributed by atoms with Gasteiger partial charge in [0.05, 0.1) is 0 Å². The molecule has 3 rings (SSSR count).